The van der Waals surface area contributed by atoms with Crippen molar-refractivity contribution in [3.8, 4) is 16.9 Å². The number of hydrogen-bond acceptors (Lipinski definition) is 10. The molecule has 0 amide bonds. The van der Waals surface area contributed by atoms with Crippen molar-refractivity contribution in [2.24, 2.45) is 12.5 Å². The summed E-state index contributed by atoms with van der Waals surface area (Å²) >= 11 is 0. The fourth-order valence-electron chi connectivity index (χ4n) is 6.24. The number of nitrogens with one attached hydrogen (secondary N) is 1. The van der Waals surface area contributed by atoms with E-state index in [1.54, 1.807) is 44.0 Å². The molecule has 2 aliphatic rings. The Bertz CT molecular complexity index is 2000. The van der Waals surface area contributed by atoms with Gasteiger partial charge in [0.05, 0.1) is 19.8 Å². The average Bonchev–Trinajstić information content (AvgIpc) is 3.52. The second-order valence-corrected chi connectivity index (χ2v) is 12.1. The minimum Gasteiger partial charge on any atom is -0.392 e. The number of rotatable bonds is 6. The van der Waals surface area contributed by atoms with Crippen LogP contribution in [0.3, 0.4) is 0 Å². The van der Waals surface area contributed by atoms with Crippen molar-refractivity contribution in [1.29, 1.82) is 0 Å². The van der Waals surface area contributed by atoms with Crippen LogP contribution in [0, 0.1) is 5.41 Å². The quantitative estimate of drug-likeness (QED) is 0.300. The lowest BCUT2D eigenvalue weighted by Crippen LogP contribution is -2.36. The summed E-state index contributed by atoms with van der Waals surface area (Å²) in [6.45, 7) is 6.80. The molecule has 0 unspecified atom stereocenters. The maximum absolute atomic E-state index is 13.7. The second kappa shape index (κ2) is 10.7. The summed E-state index contributed by atoms with van der Waals surface area (Å²) in [6, 6.07) is 9.01. The van der Waals surface area contributed by atoms with Crippen LogP contribution in [0.4, 0.5) is 17.3 Å². The monoisotopic (exact) mass is 595 g/mol. The third kappa shape index (κ3) is 4.83. The first-order chi connectivity index (χ1) is 21.2. The van der Waals surface area contributed by atoms with Crippen LogP contribution in [0.25, 0.3) is 22.5 Å². The van der Waals surface area contributed by atoms with Crippen LogP contribution in [0.15, 0.2) is 58.6 Å². The molecule has 5 aromatic heterocycles. The van der Waals surface area contributed by atoms with E-state index >= 15 is 0 Å². The molecule has 13 heteroatoms. The second-order valence-electron chi connectivity index (χ2n) is 12.1. The van der Waals surface area contributed by atoms with Gasteiger partial charge in [0.1, 0.15) is 17.5 Å². The molecule has 1 aliphatic heterocycles. The molecule has 6 heterocycles. The standard InChI is InChI=1S/C31H33N9O4/c1-31(2)14-19-13-24-30(43)40(33-18-39(24)25(19)15-31)28-22(17-41)21(6-7-32-28)20-12-23(29(42)37(3)16-20)34-26-4-5-27(36-35-26)38-8-10-44-11-9-38/h4-7,12-13,16,18,41H,8-11,14-15,17H2,1-3H3,(H,34,35). The van der Waals surface area contributed by atoms with Crippen LogP contribution in [-0.4, -0.2) is 65.3 Å². The van der Waals surface area contributed by atoms with Gasteiger partial charge in [-0.05, 0) is 59.7 Å². The highest BCUT2D eigenvalue weighted by Crippen LogP contribution is 2.37. The Morgan fingerprint density at radius 2 is 1.86 bits per heavy atom. The summed E-state index contributed by atoms with van der Waals surface area (Å²) in [7, 11) is 1.65. The topological polar surface area (TPSA) is 145 Å². The van der Waals surface area contributed by atoms with E-state index in [1.807, 2.05) is 16.5 Å². The van der Waals surface area contributed by atoms with Gasteiger partial charge in [-0.1, -0.05) is 13.8 Å². The van der Waals surface area contributed by atoms with Crippen LogP contribution in [0.5, 0.6) is 0 Å². The number of aliphatic hydroxyl groups is 1. The Morgan fingerprint density at radius 3 is 2.61 bits per heavy atom. The number of anilines is 3. The van der Waals surface area contributed by atoms with Gasteiger partial charge in [-0.3, -0.25) is 14.0 Å². The van der Waals surface area contributed by atoms with Gasteiger partial charge in [-0.25, -0.2) is 4.98 Å². The number of aliphatic hydroxyl groups excluding tert-OH is 1. The van der Waals surface area contributed by atoms with Crippen LogP contribution < -0.4 is 21.3 Å². The minimum atomic E-state index is -0.399. The lowest BCUT2D eigenvalue weighted by atomic mass is 9.90. The fraction of sp³-hybridized carbons (Fsp3) is 0.355. The minimum absolute atomic E-state index is 0.142. The van der Waals surface area contributed by atoms with Gasteiger partial charge < -0.3 is 24.6 Å². The smallest absolute Gasteiger partial charge is 0.297 e. The van der Waals surface area contributed by atoms with E-state index in [4.69, 9.17) is 4.74 Å². The zero-order valence-electron chi connectivity index (χ0n) is 24.8. The maximum Gasteiger partial charge on any atom is 0.297 e. The number of fused-ring (bicyclic) bond motifs is 3. The first-order valence-corrected chi connectivity index (χ1v) is 14.6. The number of nitrogens with zero attached hydrogens (tertiary/aromatic N) is 8. The Morgan fingerprint density at radius 1 is 1.05 bits per heavy atom. The predicted octanol–water partition coefficient (Wildman–Crippen LogP) is 2.23. The molecule has 5 aromatic rings. The molecule has 1 aliphatic carbocycles. The lowest BCUT2D eigenvalue weighted by molar-refractivity contribution is 0.122. The van der Waals surface area contributed by atoms with E-state index in [9.17, 15) is 14.7 Å². The Balaban J connectivity index is 1.24. The molecular formula is C31H33N9O4. The van der Waals surface area contributed by atoms with Crippen LogP contribution in [0.2, 0.25) is 0 Å². The third-order valence-electron chi connectivity index (χ3n) is 8.38. The zero-order chi connectivity index (χ0) is 30.6. The Labute approximate surface area is 252 Å². The molecule has 7 rings (SSSR count). The normalized spacial score (nSPS) is 16.0. The summed E-state index contributed by atoms with van der Waals surface area (Å²) in [6.07, 6.45) is 6.65. The van der Waals surface area contributed by atoms with E-state index in [-0.39, 0.29) is 28.0 Å². The number of hydrogen-bond donors (Lipinski definition) is 2. The van der Waals surface area contributed by atoms with Gasteiger partial charge >= 0.3 is 0 Å². The van der Waals surface area contributed by atoms with Crippen molar-refractivity contribution in [3.63, 3.8) is 0 Å². The van der Waals surface area contributed by atoms with Crippen LogP contribution >= 0.6 is 0 Å². The molecule has 0 aromatic carbocycles. The first-order valence-electron chi connectivity index (χ1n) is 14.6. The van der Waals surface area contributed by atoms with Gasteiger partial charge in [-0.15, -0.1) is 10.2 Å². The van der Waals surface area contributed by atoms with Crippen LogP contribution in [-0.2, 0) is 31.2 Å². The molecule has 2 N–H and O–H groups in total. The highest BCUT2D eigenvalue weighted by atomic mass is 16.5. The summed E-state index contributed by atoms with van der Waals surface area (Å²) < 4.78 is 9.96. The van der Waals surface area contributed by atoms with E-state index in [2.05, 4.69) is 44.3 Å². The van der Waals surface area contributed by atoms with Crippen molar-refractivity contribution in [1.82, 2.24) is 33.9 Å². The van der Waals surface area contributed by atoms with Crippen molar-refractivity contribution in [2.75, 3.05) is 36.5 Å². The number of morpholine rings is 1. The van der Waals surface area contributed by atoms with E-state index in [0.717, 1.165) is 43.0 Å². The fourth-order valence-corrected chi connectivity index (χ4v) is 6.24. The number of ether oxygens (including phenoxy) is 1. The number of aromatic nitrogens is 7. The third-order valence-corrected chi connectivity index (χ3v) is 8.38. The highest BCUT2D eigenvalue weighted by molar-refractivity contribution is 5.73. The van der Waals surface area contributed by atoms with Gasteiger partial charge in [0, 0.05) is 49.4 Å². The molecule has 0 atom stereocenters. The van der Waals surface area contributed by atoms with Crippen molar-refractivity contribution < 1.29 is 9.84 Å². The molecule has 13 nitrogen and oxygen atoms in total. The largest absolute Gasteiger partial charge is 0.392 e. The van der Waals surface area contributed by atoms with Crippen molar-refractivity contribution in [3.05, 3.63) is 86.6 Å². The van der Waals surface area contributed by atoms with Crippen molar-refractivity contribution >= 4 is 22.8 Å². The molecule has 0 saturated carbocycles. The molecule has 0 radical (unpaired) electrons. The summed E-state index contributed by atoms with van der Waals surface area (Å²) in [5, 5.41) is 26.7. The molecule has 0 bridgehead atoms. The molecule has 1 saturated heterocycles. The van der Waals surface area contributed by atoms with Gasteiger partial charge in [-0.2, -0.15) is 9.78 Å². The Hall–Kier alpha value is -4.88. The van der Waals surface area contributed by atoms with E-state index in [1.165, 1.54) is 9.25 Å². The molecule has 1 fully saturated rings. The molecule has 0 spiro atoms. The molecule has 44 heavy (non-hydrogen) atoms. The van der Waals surface area contributed by atoms with Gasteiger partial charge in [0.15, 0.2) is 17.5 Å². The molecular weight excluding hydrogens is 562 g/mol. The first kappa shape index (κ1) is 27.9. The van der Waals surface area contributed by atoms with Gasteiger partial charge in [0.25, 0.3) is 11.1 Å². The van der Waals surface area contributed by atoms with E-state index in [0.29, 0.717) is 41.2 Å². The summed E-state index contributed by atoms with van der Waals surface area (Å²) in [5.74, 6) is 1.39. The maximum atomic E-state index is 13.7. The van der Waals surface area contributed by atoms with Gasteiger partial charge in [0.2, 0.25) is 0 Å². The predicted molar refractivity (Wildman–Crippen MR) is 165 cm³/mol. The average molecular weight is 596 g/mol. The van der Waals surface area contributed by atoms with Crippen LogP contribution in [0.1, 0.15) is 30.7 Å². The van der Waals surface area contributed by atoms with E-state index < -0.39 is 6.61 Å². The number of pyridine rings is 2. The highest BCUT2D eigenvalue weighted by Gasteiger charge is 2.32. The zero-order valence-corrected chi connectivity index (χ0v) is 24.8. The van der Waals surface area contributed by atoms with Crippen molar-refractivity contribution in [2.45, 2.75) is 33.3 Å². The SMILES string of the molecule is Cn1cc(-c2ccnc(-n3ncn4c5c(cc4c3=O)CC(C)(C)C5)c2CO)cc(Nc2ccc(N3CCOCC3)nn2)c1=O. The number of aryl methyl sites for hydroxylation is 1. The Kier molecular flexibility index (Phi) is 6.78. The molecule has 226 valence electrons. The summed E-state index contributed by atoms with van der Waals surface area (Å²) in [4.78, 5) is 33.3. The lowest BCUT2D eigenvalue weighted by Gasteiger charge is -2.27. The summed E-state index contributed by atoms with van der Waals surface area (Å²) in [5.41, 5.74) is 4.28.